The average Bonchev–Trinajstić information content (AvgIpc) is 2.90. The summed E-state index contributed by atoms with van der Waals surface area (Å²) >= 11 is 0. The van der Waals surface area contributed by atoms with Gasteiger partial charge >= 0.3 is 0 Å². The number of aryl methyl sites for hydroxylation is 1. The predicted octanol–water partition coefficient (Wildman–Crippen LogP) is 1.63. The van der Waals surface area contributed by atoms with Crippen molar-refractivity contribution in [2.45, 2.75) is 13.3 Å². The number of benzene rings is 1. The third-order valence-corrected chi connectivity index (χ3v) is 2.41. The Kier molecular flexibility index (Phi) is 3.52. The largest absolute Gasteiger partial charge is 0.319 e. The van der Waals surface area contributed by atoms with Crippen molar-refractivity contribution in [3.05, 3.63) is 41.2 Å². The summed E-state index contributed by atoms with van der Waals surface area (Å²) in [5.74, 6) is -0.556. The van der Waals surface area contributed by atoms with Crippen LogP contribution in [0.15, 0.2) is 18.2 Å². The van der Waals surface area contributed by atoms with Crippen molar-refractivity contribution in [3.8, 4) is 6.07 Å². The van der Waals surface area contributed by atoms with Crippen molar-refractivity contribution in [2.75, 3.05) is 5.32 Å². The zero-order valence-corrected chi connectivity index (χ0v) is 10.1. The SMILES string of the molecule is CCc1nc(C(=O)Nc2ccc(F)c(C#N)c2)n[nH]1. The van der Waals surface area contributed by atoms with E-state index in [2.05, 4.69) is 20.5 Å². The quantitative estimate of drug-likeness (QED) is 0.875. The number of aromatic nitrogens is 3. The Labute approximate surface area is 108 Å². The second kappa shape index (κ2) is 5.27. The van der Waals surface area contributed by atoms with E-state index in [1.54, 1.807) is 6.07 Å². The van der Waals surface area contributed by atoms with Crippen LogP contribution in [0.3, 0.4) is 0 Å². The van der Waals surface area contributed by atoms with Crippen LogP contribution in [0.2, 0.25) is 0 Å². The van der Waals surface area contributed by atoms with E-state index in [1.165, 1.54) is 12.1 Å². The highest BCUT2D eigenvalue weighted by Crippen LogP contribution is 2.14. The second-order valence-electron chi connectivity index (χ2n) is 3.72. The lowest BCUT2D eigenvalue weighted by atomic mass is 10.2. The topological polar surface area (TPSA) is 94.5 Å². The number of hydrogen-bond donors (Lipinski definition) is 2. The van der Waals surface area contributed by atoms with E-state index in [4.69, 9.17) is 5.26 Å². The number of amides is 1. The van der Waals surface area contributed by atoms with E-state index < -0.39 is 11.7 Å². The molecular weight excluding hydrogens is 249 g/mol. The zero-order valence-electron chi connectivity index (χ0n) is 10.1. The zero-order chi connectivity index (χ0) is 13.8. The highest BCUT2D eigenvalue weighted by atomic mass is 19.1. The highest BCUT2D eigenvalue weighted by molar-refractivity contribution is 6.01. The first-order valence-electron chi connectivity index (χ1n) is 5.56. The normalized spacial score (nSPS) is 9.95. The van der Waals surface area contributed by atoms with E-state index in [9.17, 15) is 9.18 Å². The number of H-pyrrole nitrogens is 1. The smallest absolute Gasteiger partial charge is 0.295 e. The van der Waals surface area contributed by atoms with Crippen LogP contribution in [0, 0.1) is 17.1 Å². The predicted molar refractivity (Wildman–Crippen MR) is 64.8 cm³/mol. The van der Waals surface area contributed by atoms with Crippen LogP contribution in [-0.4, -0.2) is 21.1 Å². The van der Waals surface area contributed by atoms with Crippen LogP contribution in [0.4, 0.5) is 10.1 Å². The molecule has 0 fully saturated rings. The van der Waals surface area contributed by atoms with Gasteiger partial charge in [0.15, 0.2) is 0 Å². The van der Waals surface area contributed by atoms with Crippen molar-refractivity contribution < 1.29 is 9.18 Å². The minimum Gasteiger partial charge on any atom is -0.319 e. The van der Waals surface area contributed by atoms with Gasteiger partial charge in [0.05, 0.1) is 5.56 Å². The lowest BCUT2D eigenvalue weighted by Crippen LogP contribution is -2.14. The first-order valence-corrected chi connectivity index (χ1v) is 5.56. The molecule has 0 atom stereocenters. The molecule has 1 aromatic heterocycles. The van der Waals surface area contributed by atoms with E-state index in [-0.39, 0.29) is 11.4 Å². The number of anilines is 1. The van der Waals surface area contributed by atoms with E-state index in [0.29, 0.717) is 17.9 Å². The van der Waals surface area contributed by atoms with Crippen molar-refractivity contribution >= 4 is 11.6 Å². The van der Waals surface area contributed by atoms with Gasteiger partial charge in [-0.25, -0.2) is 9.37 Å². The Hall–Kier alpha value is -2.75. The molecule has 0 aliphatic carbocycles. The summed E-state index contributed by atoms with van der Waals surface area (Å²) in [6.45, 7) is 1.88. The summed E-state index contributed by atoms with van der Waals surface area (Å²) in [6.07, 6.45) is 0.634. The third-order valence-electron chi connectivity index (χ3n) is 2.41. The molecule has 0 spiro atoms. The molecule has 1 amide bonds. The minimum atomic E-state index is -0.633. The molecule has 7 heteroatoms. The maximum Gasteiger partial charge on any atom is 0.295 e. The molecule has 0 saturated heterocycles. The number of aromatic amines is 1. The first-order chi connectivity index (χ1) is 9.13. The first kappa shape index (κ1) is 12.7. The number of carbonyl (C=O) groups excluding carboxylic acids is 1. The van der Waals surface area contributed by atoms with Crippen LogP contribution in [0.5, 0.6) is 0 Å². The van der Waals surface area contributed by atoms with Gasteiger partial charge in [-0.2, -0.15) is 5.26 Å². The lowest BCUT2D eigenvalue weighted by Gasteiger charge is -2.03. The van der Waals surface area contributed by atoms with Crippen LogP contribution in [-0.2, 0) is 6.42 Å². The fourth-order valence-electron chi connectivity index (χ4n) is 1.43. The summed E-state index contributed by atoms with van der Waals surface area (Å²) in [5.41, 5.74) is 0.174. The molecule has 1 heterocycles. The Bertz CT molecular complexity index is 658. The van der Waals surface area contributed by atoms with Gasteiger partial charge in [0.2, 0.25) is 5.82 Å². The summed E-state index contributed by atoms with van der Waals surface area (Å²) in [5, 5.41) is 17.6. The van der Waals surface area contributed by atoms with Crippen molar-refractivity contribution in [3.63, 3.8) is 0 Å². The molecule has 2 aromatic rings. The molecule has 2 rings (SSSR count). The van der Waals surface area contributed by atoms with Gasteiger partial charge in [0.25, 0.3) is 5.91 Å². The molecular formula is C12H10FN5O. The molecule has 0 aliphatic rings. The van der Waals surface area contributed by atoms with Crippen molar-refractivity contribution in [2.24, 2.45) is 0 Å². The number of nitrogens with zero attached hydrogens (tertiary/aromatic N) is 3. The second-order valence-corrected chi connectivity index (χ2v) is 3.72. The molecule has 0 radical (unpaired) electrons. The van der Waals surface area contributed by atoms with E-state index in [0.717, 1.165) is 6.07 Å². The summed E-state index contributed by atoms with van der Waals surface area (Å²) < 4.78 is 13.1. The Morgan fingerprint density at radius 3 is 3.00 bits per heavy atom. The number of carbonyl (C=O) groups is 1. The van der Waals surface area contributed by atoms with Crippen LogP contribution >= 0.6 is 0 Å². The lowest BCUT2D eigenvalue weighted by molar-refractivity contribution is 0.101. The number of halogens is 1. The van der Waals surface area contributed by atoms with E-state index in [1.807, 2.05) is 6.92 Å². The number of rotatable bonds is 3. The number of nitriles is 1. The summed E-state index contributed by atoms with van der Waals surface area (Å²) in [4.78, 5) is 15.8. The van der Waals surface area contributed by atoms with Crippen LogP contribution in [0.1, 0.15) is 28.9 Å². The summed E-state index contributed by atoms with van der Waals surface area (Å²) in [6, 6.07) is 5.43. The Morgan fingerprint density at radius 1 is 1.58 bits per heavy atom. The fourth-order valence-corrected chi connectivity index (χ4v) is 1.43. The third kappa shape index (κ3) is 2.74. The van der Waals surface area contributed by atoms with Gasteiger partial charge in [0.1, 0.15) is 17.7 Å². The minimum absolute atomic E-state index is 0.000294. The van der Waals surface area contributed by atoms with Gasteiger partial charge < -0.3 is 5.32 Å². The Morgan fingerprint density at radius 2 is 2.37 bits per heavy atom. The van der Waals surface area contributed by atoms with Crippen molar-refractivity contribution in [1.82, 2.24) is 15.2 Å². The van der Waals surface area contributed by atoms with Gasteiger partial charge in [-0.3, -0.25) is 9.89 Å². The van der Waals surface area contributed by atoms with E-state index >= 15 is 0 Å². The molecule has 0 bridgehead atoms. The molecule has 0 aliphatic heterocycles. The van der Waals surface area contributed by atoms with Gasteiger partial charge in [-0.1, -0.05) is 6.92 Å². The molecule has 6 nitrogen and oxygen atoms in total. The standard InChI is InChI=1S/C12H10FN5O/c1-2-10-16-11(18-17-10)12(19)15-8-3-4-9(13)7(5-8)6-14/h3-5H,2H2,1H3,(H,15,19)(H,16,17,18). The summed E-state index contributed by atoms with van der Waals surface area (Å²) in [7, 11) is 0. The van der Waals surface area contributed by atoms with Gasteiger partial charge in [-0.15, -0.1) is 5.10 Å². The number of hydrogen-bond acceptors (Lipinski definition) is 4. The van der Waals surface area contributed by atoms with Crippen LogP contribution < -0.4 is 5.32 Å². The van der Waals surface area contributed by atoms with Crippen LogP contribution in [0.25, 0.3) is 0 Å². The molecule has 2 N–H and O–H groups in total. The fraction of sp³-hybridized carbons (Fsp3) is 0.167. The maximum absolute atomic E-state index is 13.1. The maximum atomic E-state index is 13.1. The molecule has 0 unspecified atom stereocenters. The molecule has 0 saturated carbocycles. The van der Waals surface area contributed by atoms with Gasteiger partial charge in [-0.05, 0) is 18.2 Å². The molecule has 19 heavy (non-hydrogen) atoms. The van der Waals surface area contributed by atoms with Crippen molar-refractivity contribution in [1.29, 1.82) is 5.26 Å². The highest BCUT2D eigenvalue weighted by Gasteiger charge is 2.13. The monoisotopic (exact) mass is 259 g/mol. The van der Waals surface area contributed by atoms with Gasteiger partial charge in [0, 0.05) is 12.1 Å². The molecule has 1 aromatic carbocycles. The molecule has 96 valence electrons. The average molecular weight is 259 g/mol. The Balaban J connectivity index is 2.17. The number of nitrogens with one attached hydrogen (secondary N) is 2.